The quantitative estimate of drug-likeness (QED) is 0.475. The summed E-state index contributed by atoms with van der Waals surface area (Å²) in [5.41, 5.74) is 3.98. The third-order valence-corrected chi connectivity index (χ3v) is 5.20. The summed E-state index contributed by atoms with van der Waals surface area (Å²) in [6.07, 6.45) is 1.58. The lowest BCUT2D eigenvalue weighted by atomic mass is 10.1. The van der Waals surface area contributed by atoms with Gasteiger partial charge in [-0.15, -0.1) is 0 Å². The van der Waals surface area contributed by atoms with Crippen LogP contribution in [0.5, 0.6) is 11.5 Å². The van der Waals surface area contributed by atoms with Crippen molar-refractivity contribution >= 4 is 29.3 Å². The Morgan fingerprint density at radius 1 is 1.17 bits per heavy atom. The molecular formula is C23H18ClN3O3. The number of carbonyl (C=O) groups excluding carboxylic acids is 1. The maximum atomic E-state index is 12.6. The van der Waals surface area contributed by atoms with Crippen molar-refractivity contribution < 1.29 is 14.3 Å². The number of fused-ring (bicyclic) bond motifs is 1. The van der Waals surface area contributed by atoms with Gasteiger partial charge < -0.3 is 19.4 Å². The van der Waals surface area contributed by atoms with E-state index in [0.717, 1.165) is 22.6 Å². The van der Waals surface area contributed by atoms with Crippen LogP contribution in [-0.4, -0.2) is 17.3 Å². The predicted octanol–water partition coefficient (Wildman–Crippen LogP) is 5.02. The van der Waals surface area contributed by atoms with Crippen LogP contribution < -0.4 is 14.8 Å². The SMILES string of the molecule is Cc1cc(C=C(C#N)C(=O)Nc2ccccc2Cl)c(C)n1-c1ccc2c(c1)OCO2. The van der Waals surface area contributed by atoms with E-state index in [4.69, 9.17) is 21.1 Å². The Morgan fingerprint density at radius 2 is 1.93 bits per heavy atom. The molecule has 30 heavy (non-hydrogen) atoms. The molecule has 1 aromatic heterocycles. The number of nitrogens with zero attached hydrogens (tertiary/aromatic N) is 2. The van der Waals surface area contributed by atoms with Crippen LogP contribution in [-0.2, 0) is 4.79 Å². The number of ether oxygens (including phenoxy) is 2. The van der Waals surface area contributed by atoms with E-state index in [0.29, 0.717) is 22.2 Å². The molecule has 150 valence electrons. The van der Waals surface area contributed by atoms with E-state index in [1.165, 1.54) is 0 Å². The van der Waals surface area contributed by atoms with Crippen molar-refractivity contribution in [3.63, 3.8) is 0 Å². The van der Waals surface area contributed by atoms with Crippen molar-refractivity contribution in [3.8, 4) is 23.3 Å². The summed E-state index contributed by atoms with van der Waals surface area (Å²) < 4.78 is 12.9. The van der Waals surface area contributed by atoms with E-state index in [1.807, 2.05) is 48.7 Å². The highest BCUT2D eigenvalue weighted by Crippen LogP contribution is 2.35. The summed E-state index contributed by atoms with van der Waals surface area (Å²) in [7, 11) is 0. The zero-order valence-electron chi connectivity index (χ0n) is 16.4. The fourth-order valence-corrected chi connectivity index (χ4v) is 3.59. The van der Waals surface area contributed by atoms with Crippen molar-refractivity contribution in [2.45, 2.75) is 13.8 Å². The zero-order chi connectivity index (χ0) is 21.3. The lowest BCUT2D eigenvalue weighted by Gasteiger charge is -2.10. The maximum Gasteiger partial charge on any atom is 0.266 e. The van der Waals surface area contributed by atoms with E-state index < -0.39 is 5.91 Å². The molecule has 1 aliphatic heterocycles. The molecule has 0 saturated carbocycles. The van der Waals surface area contributed by atoms with E-state index in [-0.39, 0.29) is 12.4 Å². The van der Waals surface area contributed by atoms with Crippen molar-refractivity contribution in [3.05, 3.63) is 76.1 Å². The first kappa shape index (κ1) is 19.6. The normalized spacial score (nSPS) is 12.5. The molecule has 4 rings (SSSR count). The Kier molecular flexibility index (Phi) is 5.21. The number of halogens is 1. The summed E-state index contributed by atoms with van der Waals surface area (Å²) in [4.78, 5) is 12.6. The minimum atomic E-state index is -0.515. The maximum absolute atomic E-state index is 12.6. The number of aromatic nitrogens is 1. The number of amides is 1. The number of carbonyl (C=O) groups is 1. The molecule has 1 aliphatic rings. The van der Waals surface area contributed by atoms with Gasteiger partial charge >= 0.3 is 0 Å². The third-order valence-electron chi connectivity index (χ3n) is 4.87. The zero-order valence-corrected chi connectivity index (χ0v) is 17.2. The number of benzene rings is 2. The molecule has 0 radical (unpaired) electrons. The van der Waals surface area contributed by atoms with Gasteiger partial charge in [0.15, 0.2) is 11.5 Å². The Bertz CT molecular complexity index is 1220. The minimum absolute atomic E-state index is 0.0131. The van der Waals surface area contributed by atoms with Crippen molar-refractivity contribution in [1.29, 1.82) is 5.26 Å². The third kappa shape index (κ3) is 3.63. The van der Waals surface area contributed by atoms with Gasteiger partial charge in [0.05, 0.1) is 10.7 Å². The molecule has 6 nitrogen and oxygen atoms in total. The minimum Gasteiger partial charge on any atom is -0.454 e. The van der Waals surface area contributed by atoms with Gasteiger partial charge in [0.2, 0.25) is 6.79 Å². The predicted molar refractivity (Wildman–Crippen MR) is 115 cm³/mol. The second-order valence-electron chi connectivity index (χ2n) is 6.80. The van der Waals surface area contributed by atoms with Gasteiger partial charge in [0.1, 0.15) is 11.6 Å². The van der Waals surface area contributed by atoms with Crippen LogP contribution in [0.25, 0.3) is 11.8 Å². The van der Waals surface area contributed by atoms with Gasteiger partial charge in [0.25, 0.3) is 5.91 Å². The average Bonchev–Trinajstić information content (AvgIpc) is 3.31. The molecule has 1 N–H and O–H groups in total. The molecule has 0 fully saturated rings. The number of aryl methyl sites for hydroxylation is 1. The van der Waals surface area contributed by atoms with Crippen molar-refractivity contribution in [2.75, 3.05) is 12.1 Å². The lowest BCUT2D eigenvalue weighted by molar-refractivity contribution is -0.112. The Hall–Kier alpha value is -3.69. The van der Waals surface area contributed by atoms with Crippen molar-refractivity contribution in [2.24, 2.45) is 0 Å². The lowest BCUT2D eigenvalue weighted by Crippen LogP contribution is -2.13. The molecule has 0 spiro atoms. The number of nitrogens with one attached hydrogen (secondary N) is 1. The van der Waals surface area contributed by atoms with Crippen LogP contribution >= 0.6 is 11.6 Å². The first-order valence-corrected chi connectivity index (χ1v) is 9.62. The molecule has 0 unspecified atom stereocenters. The van der Waals surface area contributed by atoms with Crippen molar-refractivity contribution in [1.82, 2.24) is 4.57 Å². The molecule has 7 heteroatoms. The summed E-state index contributed by atoms with van der Waals surface area (Å²) >= 11 is 6.09. The number of rotatable bonds is 4. The van der Waals surface area contributed by atoms with Crippen LogP contribution in [0.15, 0.2) is 54.1 Å². The van der Waals surface area contributed by atoms with E-state index >= 15 is 0 Å². The summed E-state index contributed by atoms with van der Waals surface area (Å²) in [5, 5.41) is 12.6. The van der Waals surface area contributed by atoms with E-state index in [9.17, 15) is 10.1 Å². The molecule has 0 saturated heterocycles. The average molecular weight is 420 g/mol. The first-order chi connectivity index (χ1) is 14.5. The summed E-state index contributed by atoms with van der Waals surface area (Å²) in [5.74, 6) is 0.886. The van der Waals surface area contributed by atoms with Gasteiger partial charge in [-0.3, -0.25) is 4.79 Å². The summed E-state index contributed by atoms with van der Waals surface area (Å²) in [6, 6.07) is 16.5. The molecule has 0 aliphatic carbocycles. The number of nitriles is 1. The van der Waals surface area contributed by atoms with Crippen LogP contribution in [0.1, 0.15) is 17.0 Å². The number of para-hydroxylation sites is 1. The molecule has 0 bridgehead atoms. The highest BCUT2D eigenvalue weighted by molar-refractivity contribution is 6.34. The molecular weight excluding hydrogens is 402 g/mol. The second-order valence-corrected chi connectivity index (χ2v) is 7.21. The van der Waals surface area contributed by atoms with Gasteiger partial charge in [-0.2, -0.15) is 5.26 Å². The van der Waals surface area contributed by atoms with Crippen LogP contribution in [0, 0.1) is 25.2 Å². The largest absolute Gasteiger partial charge is 0.454 e. The molecule has 1 amide bonds. The highest BCUT2D eigenvalue weighted by Gasteiger charge is 2.18. The number of hydrogen-bond donors (Lipinski definition) is 1. The van der Waals surface area contributed by atoms with Gasteiger partial charge in [0, 0.05) is 23.1 Å². The van der Waals surface area contributed by atoms with Gasteiger partial charge in [-0.05, 0) is 55.8 Å². The smallest absolute Gasteiger partial charge is 0.266 e. The number of anilines is 1. The molecule has 3 aromatic rings. The van der Waals surface area contributed by atoms with Crippen LogP contribution in [0.2, 0.25) is 5.02 Å². The Labute approximate surface area is 178 Å². The van der Waals surface area contributed by atoms with E-state index in [2.05, 4.69) is 5.32 Å². The Morgan fingerprint density at radius 3 is 2.70 bits per heavy atom. The monoisotopic (exact) mass is 419 g/mol. The standard InChI is InChI=1S/C23H18ClN3O3/c1-14-9-16(10-17(12-25)23(28)26-20-6-4-3-5-19(20)24)15(2)27(14)18-7-8-21-22(11-18)30-13-29-21/h3-11H,13H2,1-2H3,(H,26,28). The fraction of sp³-hybridized carbons (Fsp3) is 0.130. The fourth-order valence-electron chi connectivity index (χ4n) is 3.41. The first-order valence-electron chi connectivity index (χ1n) is 9.24. The molecule has 2 aromatic carbocycles. The molecule has 2 heterocycles. The second kappa shape index (κ2) is 7.97. The highest BCUT2D eigenvalue weighted by atomic mass is 35.5. The van der Waals surface area contributed by atoms with Crippen LogP contribution in [0.3, 0.4) is 0 Å². The molecule has 0 atom stereocenters. The number of hydrogen-bond acceptors (Lipinski definition) is 4. The Balaban J connectivity index is 1.66. The summed E-state index contributed by atoms with van der Waals surface area (Å²) in [6.45, 7) is 4.11. The topological polar surface area (TPSA) is 76.3 Å². The van der Waals surface area contributed by atoms with Crippen LogP contribution in [0.4, 0.5) is 5.69 Å². The van der Waals surface area contributed by atoms with Gasteiger partial charge in [-0.25, -0.2) is 0 Å². The van der Waals surface area contributed by atoms with E-state index in [1.54, 1.807) is 30.3 Å². The van der Waals surface area contributed by atoms with Gasteiger partial charge in [-0.1, -0.05) is 23.7 Å².